The summed E-state index contributed by atoms with van der Waals surface area (Å²) in [4.78, 5) is 13.4. The van der Waals surface area contributed by atoms with E-state index >= 15 is 0 Å². The second kappa shape index (κ2) is 5.45. The van der Waals surface area contributed by atoms with E-state index in [0.29, 0.717) is 12.3 Å². The molecule has 4 heteroatoms. The quantitative estimate of drug-likeness (QED) is 0.696. The number of alkyl halides is 1. The molecule has 76 valence electrons. The van der Waals surface area contributed by atoms with Crippen LogP contribution in [0.15, 0.2) is 0 Å². The first kappa shape index (κ1) is 10.8. The Balaban J connectivity index is 2.28. The number of carbonyl (C=O) groups excluding carboxylic acids is 1. The first-order chi connectivity index (χ1) is 6.24. The first-order valence-corrected chi connectivity index (χ1v) is 5.37. The molecule has 0 bridgehead atoms. The zero-order chi connectivity index (χ0) is 9.68. The van der Waals surface area contributed by atoms with Gasteiger partial charge in [0.15, 0.2) is 0 Å². The second-order valence-corrected chi connectivity index (χ2v) is 3.91. The number of piperidine rings is 1. The molecule has 0 spiro atoms. The molecule has 2 N–H and O–H groups in total. The maximum atomic E-state index is 11.5. The van der Waals surface area contributed by atoms with Crippen LogP contribution in [0.4, 0.5) is 0 Å². The van der Waals surface area contributed by atoms with E-state index < -0.39 is 0 Å². The van der Waals surface area contributed by atoms with Gasteiger partial charge in [-0.25, -0.2) is 0 Å². The van der Waals surface area contributed by atoms with Crippen LogP contribution in [0.3, 0.4) is 0 Å². The smallest absolute Gasteiger partial charge is 0.222 e. The molecule has 0 aromatic carbocycles. The molecule has 0 unspecified atom stereocenters. The molecule has 0 aliphatic carbocycles. The predicted octanol–water partition coefficient (Wildman–Crippen LogP) is 0.955. The van der Waals surface area contributed by atoms with Crippen molar-refractivity contribution in [1.29, 1.82) is 0 Å². The lowest BCUT2D eigenvalue weighted by Gasteiger charge is -2.30. The molecule has 0 radical (unpaired) electrons. The molecule has 1 rings (SSSR count). The van der Waals surface area contributed by atoms with Crippen molar-refractivity contribution < 1.29 is 4.79 Å². The maximum absolute atomic E-state index is 11.5. The minimum atomic E-state index is 0.175. The number of halogens is 1. The van der Waals surface area contributed by atoms with Crippen molar-refractivity contribution in [3.63, 3.8) is 0 Å². The summed E-state index contributed by atoms with van der Waals surface area (Å²) in [6, 6.07) is 0.175. The van der Waals surface area contributed by atoms with Crippen molar-refractivity contribution in [1.82, 2.24) is 4.90 Å². The van der Waals surface area contributed by atoms with Gasteiger partial charge in [-0.1, -0.05) is 0 Å². The zero-order valence-corrected chi connectivity index (χ0v) is 8.59. The fraction of sp³-hybridized carbons (Fsp3) is 0.889. The third-order valence-corrected chi connectivity index (χ3v) is 2.60. The summed E-state index contributed by atoms with van der Waals surface area (Å²) < 4.78 is 0. The molecule has 0 aromatic heterocycles. The summed E-state index contributed by atoms with van der Waals surface area (Å²) in [7, 11) is 0. The lowest BCUT2D eigenvalue weighted by molar-refractivity contribution is -0.132. The Hall–Kier alpha value is -0.280. The molecule has 1 heterocycles. The van der Waals surface area contributed by atoms with Gasteiger partial charge in [-0.2, -0.15) is 0 Å². The summed E-state index contributed by atoms with van der Waals surface area (Å²) in [5, 5.41) is 0. The normalized spacial score (nSPS) is 23.2. The summed E-state index contributed by atoms with van der Waals surface area (Å²) in [6.07, 6.45) is 3.41. The van der Waals surface area contributed by atoms with Gasteiger partial charge >= 0.3 is 0 Å². The molecule has 1 atom stereocenters. The van der Waals surface area contributed by atoms with Crippen molar-refractivity contribution in [2.75, 3.05) is 19.0 Å². The molecule has 1 fully saturated rings. The van der Waals surface area contributed by atoms with E-state index in [-0.39, 0.29) is 11.9 Å². The van der Waals surface area contributed by atoms with Gasteiger partial charge in [0.25, 0.3) is 0 Å². The SMILES string of the molecule is N[C@@H]1CCCN(C(=O)CCCCl)C1. The Bertz CT molecular complexity index is 175. The van der Waals surface area contributed by atoms with Crippen LogP contribution in [0.25, 0.3) is 0 Å². The molecule has 1 aliphatic heterocycles. The Morgan fingerprint density at radius 2 is 2.38 bits per heavy atom. The topological polar surface area (TPSA) is 46.3 Å². The van der Waals surface area contributed by atoms with Gasteiger partial charge in [-0.15, -0.1) is 11.6 Å². The molecular formula is C9H17ClN2O. The van der Waals surface area contributed by atoms with Crippen molar-refractivity contribution in [2.45, 2.75) is 31.7 Å². The maximum Gasteiger partial charge on any atom is 0.222 e. The van der Waals surface area contributed by atoms with Crippen LogP contribution in [0.1, 0.15) is 25.7 Å². The minimum Gasteiger partial charge on any atom is -0.341 e. The van der Waals surface area contributed by atoms with Crippen molar-refractivity contribution in [3.8, 4) is 0 Å². The van der Waals surface area contributed by atoms with E-state index in [1.54, 1.807) is 0 Å². The molecule has 1 saturated heterocycles. The summed E-state index contributed by atoms with van der Waals surface area (Å²) in [5.41, 5.74) is 5.77. The molecule has 0 saturated carbocycles. The van der Waals surface area contributed by atoms with E-state index in [0.717, 1.165) is 32.4 Å². The van der Waals surface area contributed by atoms with Crippen LogP contribution < -0.4 is 5.73 Å². The highest BCUT2D eigenvalue weighted by Crippen LogP contribution is 2.10. The predicted molar refractivity (Wildman–Crippen MR) is 53.7 cm³/mol. The van der Waals surface area contributed by atoms with Crippen LogP contribution in [-0.2, 0) is 4.79 Å². The monoisotopic (exact) mass is 204 g/mol. The van der Waals surface area contributed by atoms with Gasteiger partial charge in [-0.05, 0) is 19.3 Å². The van der Waals surface area contributed by atoms with Crippen molar-refractivity contribution >= 4 is 17.5 Å². The number of nitrogens with zero attached hydrogens (tertiary/aromatic N) is 1. The van der Waals surface area contributed by atoms with E-state index in [4.69, 9.17) is 17.3 Å². The molecule has 1 aliphatic rings. The fourth-order valence-electron chi connectivity index (χ4n) is 1.61. The highest BCUT2D eigenvalue weighted by atomic mass is 35.5. The largest absolute Gasteiger partial charge is 0.341 e. The van der Waals surface area contributed by atoms with E-state index in [9.17, 15) is 4.79 Å². The molecule has 0 aromatic rings. The van der Waals surface area contributed by atoms with Gasteiger partial charge in [-0.3, -0.25) is 4.79 Å². The Labute approximate surface area is 84.2 Å². The highest BCUT2D eigenvalue weighted by Gasteiger charge is 2.20. The van der Waals surface area contributed by atoms with E-state index in [2.05, 4.69) is 0 Å². The molecule has 3 nitrogen and oxygen atoms in total. The van der Waals surface area contributed by atoms with Crippen LogP contribution in [0.2, 0.25) is 0 Å². The molecule has 1 amide bonds. The third kappa shape index (κ3) is 3.53. The Kier molecular flexibility index (Phi) is 4.53. The zero-order valence-electron chi connectivity index (χ0n) is 7.84. The van der Waals surface area contributed by atoms with Crippen LogP contribution >= 0.6 is 11.6 Å². The minimum absolute atomic E-state index is 0.175. The average Bonchev–Trinajstić information content (AvgIpc) is 2.14. The number of carbonyl (C=O) groups is 1. The highest BCUT2D eigenvalue weighted by molar-refractivity contribution is 6.17. The summed E-state index contributed by atoms with van der Waals surface area (Å²) in [6.45, 7) is 1.59. The van der Waals surface area contributed by atoms with Gasteiger partial charge in [0.2, 0.25) is 5.91 Å². The number of rotatable bonds is 3. The lowest BCUT2D eigenvalue weighted by atomic mass is 10.1. The van der Waals surface area contributed by atoms with Crippen LogP contribution in [0, 0.1) is 0 Å². The van der Waals surface area contributed by atoms with Crippen molar-refractivity contribution in [2.24, 2.45) is 5.73 Å². The summed E-state index contributed by atoms with van der Waals surface area (Å²) in [5.74, 6) is 0.766. The Morgan fingerprint density at radius 3 is 3.00 bits per heavy atom. The lowest BCUT2D eigenvalue weighted by Crippen LogP contribution is -2.45. The van der Waals surface area contributed by atoms with E-state index in [1.165, 1.54) is 0 Å². The van der Waals surface area contributed by atoms with Gasteiger partial charge < -0.3 is 10.6 Å². The second-order valence-electron chi connectivity index (χ2n) is 3.53. The molecule has 13 heavy (non-hydrogen) atoms. The number of likely N-dealkylation sites (tertiary alicyclic amines) is 1. The van der Waals surface area contributed by atoms with E-state index in [1.807, 2.05) is 4.90 Å². The number of nitrogens with two attached hydrogens (primary N) is 1. The van der Waals surface area contributed by atoms with Gasteiger partial charge in [0.1, 0.15) is 0 Å². The van der Waals surface area contributed by atoms with Gasteiger partial charge in [0.05, 0.1) is 0 Å². The standard InChI is InChI=1S/C9H17ClN2O/c10-5-1-4-9(13)12-6-2-3-8(11)7-12/h8H,1-7,11H2/t8-/m1/s1. The van der Waals surface area contributed by atoms with Gasteiger partial charge in [0, 0.05) is 31.4 Å². The van der Waals surface area contributed by atoms with Crippen LogP contribution in [0.5, 0.6) is 0 Å². The number of hydrogen-bond acceptors (Lipinski definition) is 2. The van der Waals surface area contributed by atoms with Crippen molar-refractivity contribution in [3.05, 3.63) is 0 Å². The number of hydrogen-bond donors (Lipinski definition) is 1. The van der Waals surface area contributed by atoms with Crippen LogP contribution in [-0.4, -0.2) is 35.8 Å². The molecular weight excluding hydrogens is 188 g/mol. The average molecular weight is 205 g/mol. The number of amides is 1. The Morgan fingerprint density at radius 1 is 1.62 bits per heavy atom. The third-order valence-electron chi connectivity index (χ3n) is 2.33. The summed E-state index contributed by atoms with van der Waals surface area (Å²) >= 11 is 5.52. The fourth-order valence-corrected chi connectivity index (χ4v) is 1.75. The first-order valence-electron chi connectivity index (χ1n) is 4.83.